The first-order valence-electron chi connectivity index (χ1n) is 9.71. The van der Waals surface area contributed by atoms with Gasteiger partial charge in [-0.05, 0) is 77.9 Å². The van der Waals surface area contributed by atoms with Crippen molar-refractivity contribution < 1.29 is 14.3 Å². The number of carbonyl (C=O) groups is 2. The molecular weight excluding hydrogens is 480 g/mol. The predicted octanol–water partition coefficient (Wildman–Crippen LogP) is 5.15. The highest BCUT2D eigenvalue weighted by Crippen LogP contribution is 2.36. The summed E-state index contributed by atoms with van der Waals surface area (Å²) in [5.74, 6) is 1.10. The van der Waals surface area contributed by atoms with Gasteiger partial charge in [0.15, 0.2) is 5.82 Å². The Balaban J connectivity index is 1.82. The zero-order valence-corrected chi connectivity index (χ0v) is 19.3. The maximum Gasteiger partial charge on any atom is 0.293 e. The smallest absolute Gasteiger partial charge is 0.293 e. The summed E-state index contributed by atoms with van der Waals surface area (Å²) in [6, 6.07) is 11.3. The summed E-state index contributed by atoms with van der Waals surface area (Å²) in [7, 11) is 0. The first kappa shape index (κ1) is 21.3. The second-order valence-electron chi connectivity index (χ2n) is 6.57. The van der Waals surface area contributed by atoms with Gasteiger partial charge >= 0.3 is 0 Å². The number of hydrogen-bond donors (Lipinski definition) is 0. The van der Waals surface area contributed by atoms with Crippen molar-refractivity contribution >= 4 is 44.9 Å². The maximum atomic E-state index is 12.6. The maximum absolute atomic E-state index is 12.6. The lowest BCUT2D eigenvalue weighted by atomic mass is 10.1. The molecule has 0 unspecified atom stereocenters. The number of pyridine rings is 1. The van der Waals surface area contributed by atoms with Crippen LogP contribution in [0.3, 0.4) is 0 Å². The fourth-order valence-electron chi connectivity index (χ4n) is 3.16. The molecule has 1 saturated heterocycles. The molecule has 4 rings (SSSR count). The minimum Gasteiger partial charge on any atom is -0.493 e. The number of benzene rings is 1. The fourth-order valence-corrected chi connectivity index (χ4v) is 4.55. The summed E-state index contributed by atoms with van der Waals surface area (Å²) in [5, 5.41) is 4.46. The van der Waals surface area contributed by atoms with Crippen LogP contribution in [0.25, 0.3) is 23.2 Å². The Labute approximate surface area is 192 Å². The van der Waals surface area contributed by atoms with E-state index in [1.165, 1.54) is 4.90 Å². The highest BCUT2D eigenvalue weighted by Gasteiger charge is 2.34. The monoisotopic (exact) mass is 498 g/mol. The van der Waals surface area contributed by atoms with Crippen molar-refractivity contribution in [2.45, 2.75) is 13.8 Å². The molecule has 0 spiro atoms. The van der Waals surface area contributed by atoms with Crippen LogP contribution in [-0.4, -0.2) is 44.0 Å². The molecular formula is C22H19BrN4O3S. The van der Waals surface area contributed by atoms with Crippen molar-refractivity contribution in [1.29, 1.82) is 0 Å². The van der Waals surface area contributed by atoms with Crippen LogP contribution in [0.5, 0.6) is 5.75 Å². The number of hydrogen-bond acceptors (Lipinski definition) is 6. The van der Waals surface area contributed by atoms with Crippen LogP contribution in [0, 0.1) is 0 Å². The van der Waals surface area contributed by atoms with E-state index in [0.29, 0.717) is 35.1 Å². The number of carbonyl (C=O) groups excluding carboxylic acids is 2. The highest BCUT2D eigenvalue weighted by molar-refractivity contribution is 9.10. The van der Waals surface area contributed by atoms with Crippen molar-refractivity contribution in [2.75, 3.05) is 13.2 Å². The first-order chi connectivity index (χ1) is 15.0. The van der Waals surface area contributed by atoms with Crippen molar-refractivity contribution in [2.24, 2.45) is 0 Å². The number of likely N-dealkylation sites (N-methyl/N-ethyl adjacent to an activating group) is 1. The van der Waals surface area contributed by atoms with Crippen LogP contribution >= 0.6 is 27.7 Å². The van der Waals surface area contributed by atoms with E-state index in [4.69, 9.17) is 9.84 Å². The zero-order chi connectivity index (χ0) is 22.0. The molecule has 1 aliphatic rings. The highest BCUT2D eigenvalue weighted by atomic mass is 79.9. The van der Waals surface area contributed by atoms with Crippen molar-refractivity contribution in [3.05, 3.63) is 63.7 Å². The third kappa shape index (κ3) is 4.28. The number of ether oxygens (including phenoxy) is 1. The van der Waals surface area contributed by atoms with Gasteiger partial charge in [0.1, 0.15) is 11.4 Å². The summed E-state index contributed by atoms with van der Waals surface area (Å²) in [4.78, 5) is 30.7. The van der Waals surface area contributed by atoms with E-state index in [-0.39, 0.29) is 11.1 Å². The molecule has 0 N–H and O–H groups in total. The Kier molecular flexibility index (Phi) is 6.24. The number of halogens is 1. The molecule has 1 fully saturated rings. The molecule has 2 aromatic heterocycles. The average Bonchev–Trinajstić information content (AvgIpc) is 3.31. The SMILES string of the molecule is CCOc1ccc(-c2nn(-c3ccccn3)cc2C=C2SC(=O)N(CC)C2=O)cc1Br. The molecule has 3 aromatic rings. The fraction of sp³-hybridized carbons (Fsp3) is 0.182. The molecule has 0 aliphatic carbocycles. The summed E-state index contributed by atoms with van der Waals surface area (Å²) in [6.45, 7) is 4.61. The number of amides is 2. The number of imide groups is 1. The van der Waals surface area contributed by atoms with Crippen LogP contribution in [0.15, 0.2) is 58.2 Å². The third-order valence-corrected chi connectivity index (χ3v) is 6.14. The van der Waals surface area contributed by atoms with Gasteiger partial charge in [0.05, 0.1) is 16.0 Å². The molecule has 0 bridgehead atoms. The van der Waals surface area contributed by atoms with Crippen molar-refractivity contribution in [1.82, 2.24) is 19.7 Å². The summed E-state index contributed by atoms with van der Waals surface area (Å²) < 4.78 is 8.07. The van der Waals surface area contributed by atoms with Crippen LogP contribution < -0.4 is 4.74 Å². The summed E-state index contributed by atoms with van der Waals surface area (Å²) in [5.41, 5.74) is 2.21. The molecule has 31 heavy (non-hydrogen) atoms. The standard InChI is InChI=1S/C22H19BrN4O3S/c1-3-26-21(28)18(31-22(26)29)12-15-13-27(19-7-5-6-10-24-19)25-20(15)14-8-9-17(30-4-2)16(23)11-14/h5-13H,3-4H2,1-2H3. The van der Waals surface area contributed by atoms with E-state index in [0.717, 1.165) is 27.5 Å². The van der Waals surface area contributed by atoms with E-state index in [1.807, 2.05) is 49.5 Å². The van der Waals surface area contributed by atoms with Gasteiger partial charge in [-0.2, -0.15) is 5.10 Å². The average molecular weight is 499 g/mol. The predicted molar refractivity (Wildman–Crippen MR) is 124 cm³/mol. The minimum absolute atomic E-state index is 0.263. The lowest BCUT2D eigenvalue weighted by Crippen LogP contribution is -2.27. The quantitative estimate of drug-likeness (QED) is 0.437. The van der Waals surface area contributed by atoms with Gasteiger partial charge in [0, 0.05) is 30.1 Å². The van der Waals surface area contributed by atoms with Gasteiger partial charge in [0.2, 0.25) is 0 Å². The Morgan fingerprint density at radius 3 is 2.68 bits per heavy atom. The van der Waals surface area contributed by atoms with Crippen LogP contribution in [0.2, 0.25) is 0 Å². The van der Waals surface area contributed by atoms with Crippen molar-refractivity contribution in [3.8, 4) is 22.8 Å². The van der Waals surface area contributed by atoms with Crippen LogP contribution in [0.4, 0.5) is 4.79 Å². The van der Waals surface area contributed by atoms with E-state index >= 15 is 0 Å². The Morgan fingerprint density at radius 1 is 1.19 bits per heavy atom. The second-order valence-corrected chi connectivity index (χ2v) is 8.42. The van der Waals surface area contributed by atoms with Crippen LogP contribution in [0.1, 0.15) is 19.4 Å². The molecule has 0 atom stereocenters. The molecule has 0 saturated carbocycles. The van der Waals surface area contributed by atoms with Gasteiger partial charge in [-0.1, -0.05) is 6.07 Å². The van der Waals surface area contributed by atoms with Crippen molar-refractivity contribution in [3.63, 3.8) is 0 Å². The van der Waals surface area contributed by atoms with Gasteiger partial charge in [0.25, 0.3) is 11.1 Å². The molecule has 3 heterocycles. The van der Waals surface area contributed by atoms with Gasteiger partial charge in [-0.3, -0.25) is 14.5 Å². The molecule has 1 aliphatic heterocycles. The Hall–Kier alpha value is -2.91. The van der Waals surface area contributed by atoms with E-state index in [1.54, 1.807) is 23.9 Å². The minimum atomic E-state index is -0.290. The third-order valence-electron chi connectivity index (χ3n) is 4.61. The normalized spacial score (nSPS) is 15.2. The second kappa shape index (κ2) is 9.07. The lowest BCUT2D eigenvalue weighted by molar-refractivity contribution is -0.122. The Morgan fingerprint density at radius 2 is 2.03 bits per heavy atom. The number of aromatic nitrogens is 3. The molecule has 2 amide bonds. The summed E-state index contributed by atoms with van der Waals surface area (Å²) in [6.07, 6.45) is 5.21. The Bertz CT molecular complexity index is 1180. The summed E-state index contributed by atoms with van der Waals surface area (Å²) >= 11 is 4.49. The van der Waals surface area contributed by atoms with Gasteiger partial charge in [-0.25, -0.2) is 9.67 Å². The molecule has 9 heteroatoms. The number of thioether (sulfide) groups is 1. The molecule has 7 nitrogen and oxygen atoms in total. The lowest BCUT2D eigenvalue weighted by Gasteiger charge is -2.08. The van der Waals surface area contributed by atoms with Gasteiger partial charge in [-0.15, -0.1) is 0 Å². The first-order valence-corrected chi connectivity index (χ1v) is 11.3. The van der Waals surface area contributed by atoms with E-state index < -0.39 is 0 Å². The largest absolute Gasteiger partial charge is 0.493 e. The van der Waals surface area contributed by atoms with Gasteiger partial charge < -0.3 is 4.74 Å². The molecule has 1 aromatic carbocycles. The van der Waals surface area contributed by atoms with E-state index in [2.05, 4.69) is 20.9 Å². The number of nitrogens with zero attached hydrogens (tertiary/aromatic N) is 4. The van der Waals surface area contributed by atoms with Crippen LogP contribution in [-0.2, 0) is 4.79 Å². The zero-order valence-electron chi connectivity index (χ0n) is 16.9. The number of rotatable bonds is 6. The molecule has 0 radical (unpaired) electrons. The molecule has 158 valence electrons. The topological polar surface area (TPSA) is 77.3 Å². The van der Waals surface area contributed by atoms with E-state index in [9.17, 15) is 9.59 Å².